The zero-order chi connectivity index (χ0) is 14.5. The molecule has 0 radical (unpaired) electrons. The molecular formula is C15H15N3O2. The van der Waals surface area contributed by atoms with E-state index in [9.17, 15) is 9.90 Å². The van der Waals surface area contributed by atoms with Crippen LogP contribution in [0, 0.1) is 13.8 Å². The Morgan fingerprint density at radius 1 is 1.30 bits per heavy atom. The van der Waals surface area contributed by atoms with E-state index in [2.05, 4.69) is 15.5 Å². The number of aromatic nitrogens is 1. The van der Waals surface area contributed by atoms with Gasteiger partial charge in [0.05, 0.1) is 11.8 Å². The van der Waals surface area contributed by atoms with Crippen LogP contribution in [0.1, 0.15) is 27.2 Å². The number of rotatable bonds is 3. The van der Waals surface area contributed by atoms with Gasteiger partial charge in [-0.3, -0.25) is 9.78 Å². The molecule has 0 saturated carbocycles. The number of hydrazone groups is 1. The first kappa shape index (κ1) is 13.7. The average molecular weight is 269 g/mol. The Kier molecular flexibility index (Phi) is 4.10. The number of phenolic OH excluding ortho intramolecular Hbond substituents is 1. The van der Waals surface area contributed by atoms with Gasteiger partial charge in [0, 0.05) is 17.5 Å². The van der Waals surface area contributed by atoms with Crippen molar-refractivity contribution in [2.24, 2.45) is 5.10 Å². The van der Waals surface area contributed by atoms with Gasteiger partial charge in [0.25, 0.3) is 5.91 Å². The third-order valence-corrected chi connectivity index (χ3v) is 2.81. The second-order valence-electron chi connectivity index (χ2n) is 4.40. The quantitative estimate of drug-likeness (QED) is 0.662. The highest BCUT2D eigenvalue weighted by atomic mass is 16.3. The SMILES string of the molecule is Cc1ccc(C(=O)N/N=C/c2cccc(C)c2O)cn1. The number of phenols is 1. The smallest absolute Gasteiger partial charge is 0.272 e. The molecule has 1 amide bonds. The maximum absolute atomic E-state index is 11.8. The maximum atomic E-state index is 11.8. The molecule has 5 nitrogen and oxygen atoms in total. The zero-order valence-corrected chi connectivity index (χ0v) is 11.3. The topological polar surface area (TPSA) is 74.6 Å². The van der Waals surface area contributed by atoms with Crippen LogP contribution in [-0.4, -0.2) is 22.2 Å². The summed E-state index contributed by atoms with van der Waals surface area (Å²) in [7, 11) is 0. The number of nitrogens with one attached hydrogen (secondary N) is 1. The van der Waals surface area contributed by atoms with Crippen molar-refractivity contribution in [2.75, 3.05) is 0 Å². The Morgan fingerprint density at radius 3 is 2.80 bits per heavy atom. The van der Waals surface area contributed by atoms with E-state index in [1.807, 2.05) is 13.0 Å². The summed E-state index contributed by atoms with van der Waals surface area (Å²) in [4.78, 5) is 15.8. The van der Waals surface area contributed by atoms with Crippen molar-refractivity contribution in [3.05, 3.63) is 58.9 Å². The summed E-state index contributed by atoms with van der Waals surface area (Å²) in [6.07, 6.45) is 2.90. The molecule has 0 aliphatic rings. The molecule has 20 heavy (non-hydrogen) atoms. The van der Waals surface area contributed by atoms with Crippen LogP contribution >= 0.6 is 0 Å². The minimum absolute atomic E-state index is 0.155. The second kappa shape index (κ2) is 5.97. The van der Waals surface area contributed by atoms with Crippen LogP contribution in [0.5, 0.6) is 5.75 Å². The van der Waals surface area contributed by atoms with Crippen molar-refractivity contribution in [2.45, 2.75) is 13.8 Å². The van der Waals surface area contributed by atoms with Crippen LogP contribution in [0.2, 0.25) is 0 Å². The number of nitrogens with zero attached hydrogens (tertiary/aromatic N) is 2. The molecular weight excluding hydrogens is 254 g/mol. The van der Waals surface area contributed by atoms with Crippen LogP contribution in [-0.2, 0) is 0 Å². The highest BCUT2D eigenvalue weighted by Gasteiger charge is 2.04. The first-order valence-electron chi connectivity index (χ1n) is 6.12. The number of para-hydroxylation sites is 1. The highest BCUT2D eigenvalue weighted by Crippen LogP contribution is 2.19. The lowest BCUT2D eigenvalue weighted by Crippen LogP contribution is -2.17. The predicted octanol–water partition coefficient (Wildman–Crippen LogP) is 2.17. The largest absolute Gasteiger partial charge is 0.507 e. The third-order valence-electron chi connectivity index (χ3n) is 2.81. The first-order valence-corrected chi connectivity index (χ1v) is 6.12. The number of hydrogen-bond acceptors (Lipinski definition) is 4. The van der Waals surface area contributed by atoms with Gasteiger partial charge in [-0.05, 0) is 37.6 Å². The Morgan fingerprint density at radius 2 is 2.10 bits per heavy atom. The molecule has 102 valence electrons. The van der Waals surface area contributed by atoms with E-state index in [1.165, 1.54) is 12.4 Å². The van der Waals surface area contributed by atoms with E-state index < -0.39 is 0 Å². The number of aryl methyl sites for hydroxylation is 2. The summed E-state index contributed by atoms with van der Waals surface area (Å²) in [5, 5.41) is 13.6. The summed E-state index contributed by atoms with van der Waals surface area (Å²) >= 11 is 0. The number of pyridine rings is 1. The molecule has 0 atom stereocenters. The standard InChI is InChI=1S/C15H15N3O2/c1-10-4-3-5-12(14(10)19)9-17-18-15(20)13-7-6-11(2)16-8-13/h3-9,19H,1-2H3,(H,18,20)/b17-9+. The Labute approximate surface area is 117 Å². The van der Waals surface area contributed by atoms with Gasteiger partial charge in [-0.2, -0.15) is 5.10 Å². The lowest BCUT2D eigenvalue weighted by Gasteiger charge is -2.02. The number of benzene rings is 1. The monoisotopic (exact) mass is 269 g/mol. The summed E-state index contributed by atoms with van der Waals surface area (Å²) < 4.78 is 0. The van der Waals surface area contributed by atoms with Gasteiger partial charge >= 0.3 is 0 Å². The lowest BCUT2D eigenvalue weighted by molar-refractivity contribution is 0.0954. The molecule has 0 aliphatic carbocycles. The van der Waals surface area contributed by atoms with E-state index in [1.54, 1.807) is 31.2 Å². The number of hydrogen-bond donors (Lipinski definition) is 2. The van der Waals surface area contributed by atoms with Gasteiger partial charge in [-0.1, -0.05) is 12.1 Å². The Balaban J connectivity index is 2.04. The second-order valence-corrected chi connectivity index (χ2v) is 4.40. The molecule has 2 rings (SSSR count). The molecule has 0 spiro atoms. The fourth-order valence-electron chi connectivity index (χ4n) is 1.61. The summed E-state index contributed by atoms with van der Waals surface area (Å²) in [6.45, 7) is 3.64. The molecule has 0 aliphatic heterocycles. The molecule has 2 aromatic rings. The van der Waals surface area contributed by atoms with E-state index in [4.69, 9.17) is 0 Å². The van der Waals surface area contributed by atoms with Crippen molar-refractivity contribution in [3.8, 4) is 5.75 Å². The van der Waals surface area contributed by atoms with E-state index >= 15 is 0 Å². The van der Waals surface area contributed by atoms with Crippen molar-refractivity contribution in [3.63, 3.8) is 0 Å². The number of amides is 1. The molecule has 0 fully saturated rings. The van der Waals surface area contributed by atoms with Gasteiger partial charge < -0.3 is 5.11 Å². The maximum Gasteiger partial charge on any atom is 0.272 e. The van der Waals surface area contributed by atoms with Gasteiger partial charge in [-0.15, -0.1) is 0 Å². The van der Waals surface area contributed by atoms with Crippen LogP contribution in [0.25, 0.3) is 0 Å². The van der Waals surface area contributed by atoms with Gasteiger partial charge in [0.1, 0.15) is 5.75 Å². The molecule has 5 heteroatoms. The number of aromatic hydroxyl groups is 1. The predicted molar refractivity (Wildman–Crippen MR) is 76.9 cm³/mol. The van der Waals surface area contributed by atoms with E-state index in [0.29, 0.717) is 11.1 Å². The van der Waals surface area contributed by atoms with Crippen molar-refractivity contribution in [1.82, 2.24) is 10.4 Å². The third kappa shape index (κ3) is 3.20. The molecule has 1 aromatic carbocycles. The van der Waals surface area contributed by atoms with Crippen molar-refractivity contribution < 1.29 is 9.90 Å². The van der Waals surface area contributed by atoms with Crippen LogP contribution in [0.3, 0.4) is 0 Å². The van der Waals surface area contributed by atoms with Crippen LogP contribution in [0.4, 0.5) is 0 Å². The van der Waals surface area contributed by atoms with Gasteiger partial charge in [0.15, 0.2) is 0 Å². The zero-order valence-electron chi connectivity index (χ0n) is 11.3. The first-order chi connectivity index (χ1) is 9.58. The van der Waals surface area contributed by atoms with Gasteiger partial charge in [-0.25, -0.2) is 5.43 Å². The molecule has 0 unspecified atom stereocenters. The summed E-state index contributed by atoms with van der Waals surface area (Å²) in [5.41, 5.74) is 4.97. The average Bonchev–Trinajstić information content (AvgIpc) is 2.44. The molecule has 2 N–H and O–H groups in total. The Hall–Kier alpha value is -2.69. The summed E-state index contributed by atoms with van der Waals surface area (Å²) in [5.74, 6) is -0.191. The van der Waals surface area contributed by atoms with Crippen LogP contribution in [0.15, 0.2) is 41.6 Å². The lowest BCUT2D eigenvalue weighted by atomic mass is 10.1. The van der Waals surface area contributed by atoms with Gasteiger partial charge in [0.2, 0.25) is 0 Å². The Bertz CT molecular complexity index is 649. The van der Waals surface area contributed by atoms with Crippen LogP contribution < -0.4 is 5.43 Å². The molecule has 1 heterocycles. The fraction of sp³-hybridized carbons (Fsp3) is 0.133. The van der Waals surface area contributed by atoms with Crippen molar-refractivity contribution >= 4 is 12.1 Å². The summed E-state index contributed by atoms with van der Waals surface area (Å²) in [6, 6.07) is 8.75. The number of carbonyl (C=O) groups excluding carboxylic acids is 1. The van der Waals surface area contributed by atoms with E-state index in [0.717, 1.165) is 11.3 Å². The molecule has 0 saturated heterocycles. The minimum atomic E-state index is -0.346. The van der Waals surface area contributed by atoms with E-state index in [-0.39, 0.29) is 11.7 Å². The molecule has 0 bridgehead atoms. The van der Waals surface area contributed by atoms with Crippen molar-refractivity contribution in [1.29, 1.82) is 0 Å². The normalized spacial score (nSPS) is 10.7. The number of carbonyl (C=O) groups is 1. The molecule has 1 aromatic heterocycles. The fourth-order valence-corrected chi connectivity index (χ4v) is 1.61. The minimum Gasteiger partial charge on any atom is -0.507 e. The highest BCUT2D eigenvalue weighted by molar-refractivity contribution is 5.94.